The molecule has 1 aromatic heterocycles. The molecule has 0 unspecified atom stereocenters. The summed E-state index contributed by atoms with van der Waals surface area (Å²) in [6.45, 7) is 3.05. The smallest absolute Gasteiger partial charge is 0.255 e. The number of nitrogens with zero attached hydrogens (tertiary/aromatic N) is 1. The average Bonchev–Trinajstić information content (AvgIpc) is 2.92. The number of hydrogen-bond acceptors (Lipinski definition) is 9. The predicted octanol–water partition coefficient (Wildman–Crippen LogP) is 3.84. The number of benzene rings is 2. The number of nitrogens with two attached hydrogens (primary N) is 2. The number of carbonyl (C=O) groups excluding carboxylic acids is 3. The zero-order valence-electron chi connectivity index (χ0n) is 22.4. The zero-order valence-corrected chi connectivity index (χ0v) is 25.5. The third-order valence-electron chi connectivity index (χ3n) is 4.88. The number of ether oxygens (including phenoxy) is 4. The monoisotopic (exact) mass is 672 g/mol. The topological polar surface area (TPSA) is 165 Å². The minimum atomic E-state index is -0.622. The molecule has 0 spiro atoms. The first-order valence-corrected chi connectivity index (χ1v) is 13.0. The number of aldehydes is 1. The molecule has 14 heteroatoms. The third kappa shape index (κ3) is 12.2. The summed E-state index contributed by atoms with van der Waals surface area (Å²) in [7, 11) is 1.55. The fourth-order valence-corrected chi connectivity index (χ4v) is 4.09. The molecule has 222 valence electrons. The highest BCUT2D eigenvalue weighted by atomic mass is 79.9. The lowest BCUT2D eigenvalue weighted by atomic mass is 10.2. The first-order chi connectivity index (χ1) is 19.2. The van der Waals surface area contributed by atoms with Gasteiger partial charge in [-0.25, -0.2) is 0 Å². The average molecular weight is 674 g/mol. The normalized spacial score (nSPS) is 9.85. The quantitative estimate of drug-likeness (QED) is 0.216. The van der Waals surface area contributed by atoms with E-state index < -0.39 is 11.8 Å². The highest BCUT2D eigenvalue weighted by Crippen LogP contribution is 2.37. The van der Waals surface area contributed by atoms with Crippen LogP contribution in [-0.2, 0) is 22.7 Å². The van der Waals surface area contributed by atoms with E-state index in [2.05, 4.69) is 26.2 Å². The van der Waals surface area contributed by atoms with Crippen LogP contribution in [0.1, 0.15) is 28.4 Å². The Morgan fingerprint density at radius 3 is 2.12 bits per heavy atom. The van der Waals surface area contributed by atoms with Crippen molar-refractivity contribution in [3.63, 3.8) is 0 Å². The van der Waals surface area contributed by atoms with Gasteiger partial charge in [0, 0.05) is 31.0 Å². The third-order valence-corrected chi connectivity index (χ3v) is 5.75. The predicted molar refractivity (Wildman–Crippen MR) is 160 cm³/mol. The van der Waals surface area contributed by atoms with E-state index >= 15 is 0 Å². The minimum absolute atomic E-state index is 0. The van der Waals surface area contributed by atoms with Crippen LogP contribution >= 0.6 is 39.9 Å². The van der Waals surface area contributed by atoms with E-state index in [-0.39, 0.29) is 36.4 Å². The van der Waals surface area contributed by atoms with Gasteiger partial charge >= 0.3 is 0 Å². The van der Waals surface area contributed by atoms with Crippen LogP contribution in [-0.4, -0.2) is 50.0 Å². The highest BCUT2D eigenvalue weighted by Gasteiger charge is 2.14. The van der Waals surface area contributed by atoms with Crippen molar-refractivity contribution in [3.8, 4) is 23.0 Å². The summed E-state index contributed by atoms with van der Waals surface area (Å²) in [4.78, 5) is 36.1. The number of amides is 2. The van der Waals surface area contributed by atoms with Crippen LogP contribution in [0.5, 0.6) is 23.0 Å². The summed E-state index contributed by atoms with van der Waals surface area (Å²) < 4.78 is 21.8. The summed E-state index contributed by atoms with van der Waals surface area (Å²) in [6.07, 6.45) is 4.18. The van der Waals surface area contributed by atoms with Crippen LogP contribution in [0.4, 0.5) is 0 Å². The van der Waals surface area contributed by atoms with Crippen LogP contribution in [0.3, 0.4) is 0 Å². The van der Waals surface area contributed by atoms with Crippen molar-refractivity contribution in [1.29, 1.82) is 0 Å². The number of hydrogen-bond donors (Lipinski definition) is 3. The standard InChI is InChI=1S/C16H18BrN3O3.C11H12ClNO4.ClH/c1-22-14-7-12(6-13(17)16(14)23-10-15(18)21)9-20-8-11-2-4-19-5-3-11;1-2-16-9-4-7(5-14)3-8(12)11(9)17-6-10(13)15;/h2-7,20H,8-10H2,1H3,(H2,18,21);3-5H,2,6H2,1H3,(H2,13,15);1H. The van der Waals surface area contributed by atoms with Gasteiger partial charge in [0.15, 0.2) is 36.2 Å². The van der Waals surface area contributed by atoms with Gasteiger partial charge < -0.3 is 35.7 Å². The van der Waals surface area contributed by atoms with Crippen LogP contribution in [0.15, 0.2) is 53.3 Å². The number of pyridine rings is 1. The molecule has 0 radical (unpaired) electrons. The molecule has 2 amide bonds. The molecule has 0 aliphatic carbocycles. The van der Waals surface area contributed by atoms with E-state index in [0.29, 0.717) is 46.7 Å². The largest absolute Gasteiger partial charge is 0.493 e. The second-order valence-electron chi connectivity index (χ2n) is 7.96. The van der Waals surface area contributed by atoms with E-state index in [4.69, 9.17) is 42.0 Å². The Morgan fingerprint density at radius 1 is 0.951 bits per heavy atom. The maximum absolute atomic E-state index is 10.9. The summed E-state index contributed by atoms with van der Waals surface area (Å²) in [5.74, 6) is 0.358. The molecule has 5 N–H and O–H groups in total. The Kier molecular flexibility index (Phi) is 16.2. The van der Waals surface area contributed by atoms with Gasteiger partial charge in [-0.2, -0.15) is 0 Å². The van der Waals surface area contributed by atoms with Crippen LogP contribution in [0.25, 0.3) is 0 Å². The number of primary amides is 2. The molecule has 1 heterocycles. The van der Waals surface area contributed by atoms with Crippen molar-refractivity contribution < 1.29 is 33.3 Å². The molecule has 3 rings (SSSR count). The van der Waals surface area contributed by atoms with Gasteiger partial charge in [0.1, 0.15) is 6.29 Å². The number of methoxy groups -OCH3 is 1. The molecule has 0 fully saturated rings. The second kappa shape index (κ2) is 18.7. The maximum Gasteiger partial charge on any atom is 0.255 e. The zero-order chi connectivity index (χ0) is 29.5. The number of nitrogens with one attached hydrogen (secondary N) is 1. The SMILES string of the molecule is CCOc1cc(C=O)cc(Cl)c1OCC(N)=O.COc1cc(CNCc2ccncc2)cc(Br)c1OCC(N)=O.Cl. The number of aromatic nitrogens is 1. The van der Waals surface area contributed by atoms with Gasteiger partial charge in [-0.3, -0.25) is 19.4 Å². The lowest BCUT2D eigenvalue weighted by Gasteiger charge is -2.14. The molecule has 2 aromatic carbocycles. The highest BCUT2D eigenvalue weighted by molar-refractivity contribution is 9.10. The van der Waals surface area contributed by atoms with Crippen molar-refractivity contribution >= 4 is 58.0 Å². The molecular formula is C27H31BrCl2N4O7. The molecule has 3 aromatic rings. The number of halogens is 3. The maximum atomic E-state index is 10.9. The summed E-state index contributed by atoms with van der Waals surface area (Å²) >= 11 is 9.35. The van der Waals surface area contributed by atoms with E-state index in [1.54, 1.807) is 26.4 Å². The van der Waals surface area contributed by atoms with E-state index in [1.165, 1.54) is 12.1 Å². The summed E-state index contributed by atoms with van der Waals surface area (Å²) in [5.41, 5.74) is 12.6. The van der Waals surface area contributed by atoms with E-state index in [0.717, 1.165) is 17.7 Å². The molecule has 41 heavy (non-hydrogen) atoms. The molecule has 0 atom stereocenters. The first kappa shape index (κ1) is 35.4. The van der Waals surface area contributed by atoms with Gasteiger partial charge in [-0.15, -0.1) is 12.4 Å². The van der Waals surface area contributed by atoms with Crippen molar-refractivity contribution in [3.05, 3.63) is 75.0 Å². The number of rotatable bonds is 14. The molecule has 0 bridgehead atoms. The molecule has 0 aliphatic rings. The lowest BCUT2D eigenvalue weighted by Crippen LogP contribution is -2.20. The van der Waals surface area contributed by atoms with Gasteiger partial charge in [0.05, 0.1) is 23.2 Å². The Balaban J connectivity index is 0.000000419. The Bertz CT molecular complexity index is 1300. The van der Waals surface area contributed by atoms with Crippen molar-refractivity contribution in [2.24, 2.45) is 11.5 Å². The van der Waals surface area contributed by atoms with Crippen LogP contribution in [0.2, 0.25) is 5.02 Å². The fraction of sp³-hybridized carbons (Fsp3) is 0.259. The van der Waals surface area contributed by atoms with Gasteiger partial charge in [-0.1, -0.05) is 11.6 Å². The van der Waals surface area contributed by atoms with E-state index in [1.807, 2.05) is 24.3 Å². The second-order valence-corrected chi connectivity index (χ2v) is 9.22. The van der Waals surface area contributed by atoms with Crippen molar-refractivity contribution in [2.45, 2.75) is 20.0 Å². The van der Waals surface area contributed by atoms with Gasteiger partial charge in [0.2, 0.25) is 0 Å². The van der Waals surface area contributed by atoms with Gasteiger partial charge in [-0.05, 0) is 70.4 Å². The van der Waals surface area contributed by atoms with E-state index in [9.17, 15) is 14.4 Å². The minimum Gasteiger partial charge on any atom is -0.493 e. The molecule has 0 saturated heterocycles. The summed E-state index contributed by atoms with van der Waals surface area (Å²) in [5, 5.41) is 3.54. The first-order valence-electron chi connectivity index (χ1n) is 11.9. The van der Waals surface area contributed by atoms with Crippen molar-refractivity contribution in [2.75, 3.05) is 26.9 Å². The number of carbonyl (C=O) groups is 3. The fourth-order valence-electron chi connectivity index (χ4n) is 3.21. The molecule has 0 saturated carbocycles. The molecule has 11 nitrogen and oxygen atoms in total. The van der Waals surface area contributed by atoms with Crippen molar-refractivity contribution in [1.82, 2.24) is 10.3 Å². The Labute approximate surface area is 257 Å². The summed E-state index contributed by atoms with van der Waals surface area (Å²) in [6, 6.07) is 10.6. The molecular weight excluding hydrogens is 643 g/mol. The lowest BCUT2D eigenvalue weighted by molar-refractivity contribution is -0.120. The van der Waals surface area contributed by atoms with Gasteiger partial charge in [0.25, 0.3) is 11.8 Å². The Morgan fingerprint density at radius 2 is 1.56 bits per heavy atom. The molecule has 0 aliphatic heterocycles. The Hall–Kier alpha value is -3.58. The van der Waals surface area contributed by atoms with Crippen LogP contribution in [0, 0.1) is 0 Å². The van der Waals surface area contributed by atoms with Crippen LogP contribution < -0.4 is 35.7 Å².